The van der Waals surface area contributed by atoms with Gasteiger partial charge in [0.05, 0.1) is 6.54 Å². The normalized spacial score (nSPS) is 21.9. The molecule has 1 N–H and O–H groups in total. The van der Waals surface area contributed by atoms with Gasteiger partial charge in [-0.2, -0.15) is 5.10 Å². The molecule has 1 fully saturated rings. The Balaban J connectivity index is 1.90. The van der Waals surface area contributed by atoms with E-state index in [0.717, 1.165) is 31.4 Å². The number of hydrogen-bond acceptors (Lipinski definition) is 4. The van der Waals surface area contributed by atoms with E-state index in [1.807, 2.05) is 11.7 Å². The van der Waals surface area contributed by atoms with Crippen molar-refractivity contribution in [3.63, 3.8) is 0 Å². The summed E-state index contributed by atoms with van der Waals surface area (Å²) in [5.41, 5.74) is 0. The van der Waals surface area contributed by atoms with Gasteiger partial charge in [-0.05, 0) is 45.8 Å². The first-order valence-corrected chi connectivity index (χ1v) is 6.57. The molecule has 1 unspecified atom stereocenters. The summed E-state index contributed by atoms with van der Waals surface area (Å²) in [4.78, 5) is 6.85. The Labute approximate surface area is 103 Å². The maximum atomic E-state index is 4.35. The number of piperidine rings is 1. The third-order valence-corrected chi connectivity index (χ3v) is 3.46. The summed E-state index contributed by atoms with van der Waals surface area (Å²) >= 11 is 0. The Hall–Kier alpha value is -0.940. The SMILES string of the molecule is CCn1ncnc1CN1CCCC(CNC)C1. The molecule has 0 saturated carbocycles. The number of likely N-dealkylation sites (tertiary alicyclic amines) is 1. The highest BCUT2D eigenvalue weighted by Crippen LogP contribution is 2.17. The molecule has 2 rings (SSSR count). The lowest BCUT2D eigenvalue weighted by molar-refractivity contribution is 0.161. The molecule has 1 atom stereocenters. The van der Waals surface area contributed by atoms with E-state index in [-0.39, 0.29) is 0 Å². The van der Waals surface area contributed by atoms with E-state index in [2.05, 4.69) is 27.2 Å². The molecule has 0 aliphatic carbocycles. The molecule has 0 bridgehead atoms. The molecule has 0 spiro atoms. The van der Waals surface area contributed by atoms with Gasteiger partial charge in [-0.15, -0.1) is 0 Å². The fraction of sp³-hybridized carbons (Fsp3) is 0.833. The molecule has 17 heavy (non-hydrogen) atoms. The van der Waals surface area contributed by atoms with Crippen LogP contribution >= 0.6 is 0 Å². The maximum absolute atomic E-state index is 4.35. The first-order chi connectivity index (χ1) is 8.33. The Kier molecular flexibility index (Phi) is 4.50. The number of nitrogens with zero attached hydrogens (tertiary/aromatic N) is 4. The largest absolute Gasteiger partial charge is 0.319 e. The van der Waals surface area contributed by atoms with Gasteiger partial charge in [0.1, 0.15) is 12.2 Å². The van der Waals surface area contributed by atoms with Crippen LogP contribution in [0.4, 0.5) is 0 Å². The summed E-state index contributed by atoms with van der Waals surface area (Å²) in [7, 11) is 2.03. The molecule has 5 nitrogen and oxygen atoms in total. The standard InChI is InChI=1S/C12H23N5/c1-3-17-12(14-10-15-17)9-16-6-4-5-11(8-16)7-13-2/h10-11,13H,3-9H2,1-2H3. The van der Waals surface area contributed by atoms with Crippen LogP contribution in [0.5, 0.6) is 0 Å². The van der Waals surface area contributed by atoms with Crippen molar-refractivity contribution in [3.05, 3.63) is 12.2 Å². The lowest BCUT2D eigenvalue weighted by atomic mass is 9.98. The third-order valence-electron chi connectivity index (χ3n) is 3.46. The average molecular weight is 237 g/mol. The van der Waals surface area contributed by atoms with Crippen molar-refractivity contribution < 1.29 is 0 Å². The highest BCUT2D eigenvalue weighted by Gasteiger charge is 2.20. The van der Waals surface area contributed by atoms with E-state index in [4.69, 9.17) is 0 Å². The van der Waals surface area contributed by atoms with Crippen LogP contribution in [-0.4, -0.2) is 46.3 Å². The van der Waals surface area contributed by atoms with Gasteiger partial charge in [-0.25, -0.2) is 9.67 Å². The number of aryl methyl sites for hydroxylation is 1. The second kappa shape index (κ2) is 6.12. The number of nitrogens with one attached hydrogen (secondary N) is 1. The zero-order valence-corrected chi connectivity index (χ0v) is 10.9. The fourth-order valence-corrected chi connectivity index (χ4v) is 2.62. The van der Waals surface area contributed by atoms with Crippen LogP contribution in [0.15, 0.2) is 6.33 Å². The van der Waals surface area contributed by atoms with Crippen LogP contribution in [0.2, 0.25) is 0 Å². The van der Waals surface area contributed by atoms with Crippen molar-refractivity contribution in [1.82, 2.24) is 25.0 Å². The van der Waals surface area contributed by atoms with Gasteiger partial charge >= 0.3 is 0 Å². The van der Waals surface area contributed by atoms with E-state index in [9.17, 15) is 0 Å². The lowest BCUT2D eigenvalue weighted by Crippen LogP contribution is -2.39. The summed E-state index contributed by atoms with van der Waals surface area (Å²) in [6.07, 6.45) is 4.30. The predicted molar refractivity (Wildman–Crippen MR) is 67.6 cm³/mol. The van der Waals surface area contributed by atoms with Crippen LogP contribution in [0.3, 0.4) is 0 Å². The molecule has 1 saturated heterocycles. The van der Waals surface area contributed by atoms with Crippen molar-refractivity contribution in [1.29, 1.82) is 0 Å². The van der Waals surface area contributed by atoms with Gasteiger partial charge in [0, 0.05) is 13.1 Å². The van der Waals surface area contributed by atoms with Crippen LogP contribution < -0.4 is 5.32 Å². The summed E-state index contributed by atoms with van der Waals surface area (Å²) in [6.45, 7) is 7.44. The van der Waals surface area contributed by atoms with Gasteiger partial charge in [0.25, 0.3) is 0 Å². The topological polar surface area (TPSA) is 46.0 Å². The Morgan fingerprint density at radius 1 is 1.53 bits per heavy atom. The quantitative estimate of drug-likeness (QED) is 0.820. The Morgan fingerprint density at radius 2 is 2.41 bits per heavy atom. The predicted octanol–water partition coefficient (Wildman–Crippen LogP) is 0.729. The molecule has 96 valence electrons. The minimum absolute atomic E-state index is 0.784. The molecule has 1 aliphatic rings. The zero-order valence-electron chi connectivity index (χ0n) is 10.9. The molecule has 2 heterocycles. The first-order valence-electron chi connectivity index (χ1n) is 6.57. The average Bonchev–Trinajstić information content (AvgIpc) is 2.77. The molecule has 1 aliphatic heterocycles. The van der Waals surface area contributed by atoms with Crippen LogP contribution in [0.1, 0.15) is 25.6 Å². The third kappa shape index (κ3) is 3.26. The van der Waals surface area contributed by atoms with E-state index in [1.54, 1.807) is 6.33 Å². The molecule has 5 heteroatoms. The molecule has 0 radical (unpaired) electrons. The van der Waals surface area contributed by atoms with Crippen molar-refractivity contribution >= 4 is 0 Å². The van der Waals surface area contributed by atoms with E-state index in [1.165, 1.54) is 25.9 Å². The first kappa shape index (κ1) is 12.5. The van der Waals surface area contributed by atoms with Gasteiger partial charge < -0.3 is 5.32 Å². The minimum atomic E-state index is 0.784. The van der Waals surface area contributed by atoms with Crippen molar-refractivity contribution in [2.45, 2.75) is 32.9 Å². The lowest BCUT2D eigenvalue weighted by Gasteiger charge is -2.32. The van der Waals surface area contributed by atoms with Gasteiger partial charge in [0.2, 0.25) is 0 Å². The molecule has 1 aromatic heterocycles. The van der Waals surface area contributed by atoms with Crippen molar-refractivity contribution in [2.24, 2.45) is 5.92 Å². The fourth-order valence-electron chi connectivity index (χ4n) is 2.62. The summed E-state index contributed by atoms with van der Waals surface area (Å²) in [5, 5.41) is 7.50. The van der Waals surface area contributed by atoms with Gasteiger partial charge in [-0.1, -0.05) is 0 Å². The minimum Gasteiger partial charge on any atom is -0.319 e. The summed E-state index contributed by atoms with van der Waals surface area (Å²) < 4.78 is 1.99. The summed E-state index contributed by atoms with van der Waals surface area (Å²) in [6, 6.07) is 0. The second-order valence-electron chi connectivity index (χ2n) is 4.79. The Morgan fingerprint density at radius 3 is 3.18 bits per heavy atom. The van der Waals surface area contributed by atoms with Gasteiger partial charge in [-0.3, -0.25) is 4.90 Å². The molecule has 0 amide bonds. The molecular weight excluding hydrogens is 214 g/mol. The number of rotatable bonds is 5. The number of aromatic nitrogens is 3. The van der Waals surface area contributed by atoms with E-state index >= 15 is 0 Å². The molecule has 0 aromatic carbocycles. The highest BCUT2D eigenvalue weighted by atomic mass is 15.3. The Bertz CT molecular complexity index is 333. The van der Waals surface area contributed by atoms with Crippen molar-refractivity contribution in [3.8, 4) is 0 Å². The molecule has 1 aromatic rings. The van der Waals surface area contributed by atoms with Crippen molar-refractivity contribution in [2.75, 3.05) is 26.7 Å². The van der Waals surface area contributed by atoms with Crippen LogP contribution in [0.25, 0.3) is 0 Å². The van der Waals surface area contributed by atoms with E-state index in [0.29, 0.717) is 0 Å². The van der Waals surface area contributed by atoms with Crippen LogP contribution in [-0.2, 0) is 13.1 Å². The second-order valence-corrected chi connectivity index (χ2v) is 4.79. The zero-order chi connectivity index (χ0) is 12.1. The number of hydrogen-bond donors (Lipinski definition) is 1. The summed E-state index contributed by atoms with van der Waals surface area (Å²) in [5.74, 6) is 1.88. The van der Waals surface area contributed by atoms with Crippen LogP contribution in [0, 0.1) is 5.92 Å². The highest BCUT2D eigenvalue weighted by molar-refractivity contribution is 4.86. The van der Waals surface area contributed by atoms with Gasteiger partial charge in [0.15, 0.2) is 0 Å². The monoisotopic (exact) mass is 237 g/mol. The smallest absolute Gasteiger partial charge is 0.140 e. The molecular formula is C12H23N5. The maximum Gasteiger partial charge on any atom is 0.140 e. The van der Waals surface area contributed by atoms with E-state index < -0.39 is 0 Å².